The van der Waals surface area contributed by atoms with E-state index in [1.165, 1.54) is 18.2 Å². The third-order valence-electron chi connectivity index (χ3n) is 7.66. The Kier molecular flexibility index (Phi) is 11.7. The molecule has 4 aromatic rings. The normalized spacial score (nSPS) is 14.4. The summed E-state index contributed by atoms with van der Waals surface area (Å²) in [5, 5.41) is -0.693. The zero-order valence-electron chi connectivity index (χ0n) is 25.1. The number of sulfone groups is 3. The Labute approximate surface area is 271 Å². The second-order valence-electron chi connectivity index (χ2n) is 11.2. The van der Waals surface area contributed by atoms with E-state index in [-0.39, 0.29) is 11.3 Å². The number of aryl methyl sites for hydroxylation is 1. The van der Waals surface area contributed by atoms with Gasteiger partial charge in [0.15, 0.2) is 29.5 Å². The molecule has 8 nitrogen and oxygen atoms in total. The first-order valence-electron chi connectivity index (χ1n) is 14.7. The number of hydrogen-bond acceptors (Lipinski definition) is 7. The van der Waals surface area contributed by atoms with Gasteiger partial charge in [-0.3, -0.25) is 4.79 Å². The maximum absolute atomic E-state index is 14.4. The molecule has 0 fully saturated rings. The van der Waals surface area contributed by atoms with Crippen molar-refractivity contribution < 1.29 is 30.0 Å². The van der Waals surface area contributed by atoms with Crippen molar-refractivity contribution in [1.29, 1.82) is 0 Å². The molecule has 4 aromatic carbocycles. The second-order valence-corrected chi connectivity index (χ2v) is 17.3. The van der Waals surface area contributed by atoms with Crippen molar-refractivity contribution >= 4 is 35.4 Å². The number of carbonyl (C=O) groups excluding carboxylic acids is 1. The topological polar surface area (TPSA) is 146 Å². The Bertz CT molecular complexity index is 1930. The van der Waals surface area contributed by atoms with E-state index in [2.05, 4.69) is 0 Å². The quantitative estimate of drug-likeness (QED) is 0.177. The van der Waals surface area contributed by atoms with Crippen molar-refractivity contribution in [2.75, 3.05) is 5.75 Å². The predicted octanol–water partition coefficient (Wildman–Crippen LogP) is 4.92. The smallest absolute Gasteiger partial charge is 0.222 e. The van der Waals surface area contributed by atoms with Crippen LogP contribution in [0.5, 0.6) is 0 Å². The third kappa shape index (κ3) is 9.97. The lowest BCUT2D eigenvalue weighted by atomic mass is 9.89. The number of carbonyl (C=O) groups is 1. The van der Waals surface area contributed by atoms with Crippen LogP contribution in [0.25, 0.3) is 0 Å². The first kappa shape index (κ1) is 34.8. The fourth-order valence-corrected chi connectivity index (χ4v) is 10.8. The van der Waals surface area contributed by atoms with E-state index in [4.69, 9.17) is 5.73 Å². The minimum atomic E-state index is -4.31. The Hall–Kier alpha value is -4.06. The standard InChI is InChI=1S/C35H37NO7S3/c36-35(37)33(27-44(38,39)25-29-15-7-2-8-16-29)34(46(42,43)26-30-17-9-3-10-18-30)31(22-21-28-13-5-1-6-14-28)23-24-45(40,41)32-19-11-4-12-20-32/h1-20,23-24,31,33-34H,21-22,25-27H2,(H2,36,37). The molecule has 3 atom stereocenters. The molecule has 0 heterocycles. The van der Waals surface area contributed by atoms with Gasteiger partial charge in [0, 0.05) is 5.41 Å². The zero-order valence-corrected chi connectivity index (χ0v) is 27.6. The van der Waals surface area contributed by atoms with Crippen LogP contribution in [0.2, 0.25) is 0 Å². The first-order valence-corrected chi connectivity index (χ1v) is 19.8. The fraction of sp³-hybridized carbons (Fsp3) is 0.229. The minimum Gasteiger partial charge on any atom is -0.369 e. The van der Waals surface area contributed by atoms with Gasteiger partial charge in [-0.05, 0) is 47.6 Å². The molecule has 0 radical (unpaired) electrons. The summed E-state index contributed by atoms with van der Waals surface area (Å²) in [6.07, 6.45) is 1.71. The molecule has 4 rings (SSSR count). The number of amides is 1. The average molecular weight is 680 g/mol. The molecule has 3 unspecified atom stereocenters. The molecule has 11 heteroatoms. The highest BCUT2D eigenvalue weighted by Crippen LogP contribution is 2.32. The Morgan fingerprint density at radius 2 is 1.09 bits per heavy atom. The summed E-state index contributed by atoms with van der Waals surface area (Å²) in [5.41, 5.74) is 7.61. The summed E-state index contributed by atoms with van der Waals surface area (Å²) in [7, 11) is -12.4. The van der Waals surface area contributed by atoms with Gasteiger partial charge in [0.25, 0.3) is 0 Å². The zero-order chi connectivity index (χ0) is 33.2. The highest BCUT2D eigenvalue weighted by atomic mass is 32.2. The Morgan fingerprint density at radius 3 is 1.59 bits per heavy atom. The van der Waals surface area contributed by atoms with Crippen molar-refractivity contribution in [2.24, 2.45) is 17.6 Å². The van der Waals surface area contributed by atoms with Crippen LogP contribution in [0.1, 0.15) is 23.1 Å². The van der Waals surface area contributed by atoms with Gasteiger partial charge in [-0.15, -0.1) is 0 Å². The number of rotatable bonds is 16. The molecule has 1 amide bonds. The number of hydrogen-bond donors (Lipinski definition) is 1. The highest BCUT2D eigenvalue weighted by molar-refractivity contribution is 7.94. The predicted molar refractivity (Wildman–Crippen MR) is 180 cm³/mol. The van der Waals surface area contributed by atoms with Gasteiger partial charge in [0.2, 0.25) is 5.91 Å². The summed E-state index contributed by atoms with van der Waals surface area (Å²) < 4.78 is 82.3. The third-order valence-corrected chi connectivity index (χ3v) is 13.0. The van der Waals surface area contributed by atoms with Crippen LogP contribution in [0.4, 0.5) is 0 Å². The molecule has 0 bridgehead atoms. The molecule has 0 aromatic heterocycles. The van der Waals surface area contributed by atoms with E-state index in [0.29, 0.717) is 17.5 Å². The number of nitrogens with two attached hydrogens (primary N) is 1. The monoisotopic (exact) mass is 679 g/mol. The summed E-state index contributed by atoms with van der Waals surface area (Å²) >= 11 is 0. The van der Waals surface area contributed by atoms with E-state index in [1.54, 1.807) is 78.9 Å². The van der Waals surface area contributed by atoms with Gasteiger partial charge in [0.1, 0.15) is 0 Å². The Morgan fingerprint density at radius 1 is 0.630 bits per heavy atom. The van der Waals surface area contributed by atoms with Crippen molar-refractivity contribution in [3.05, 3.63) is 150 Å². The van der Waals surface area contributed by atoms with Crippen LogP contribution < -0.4 is 5.73 Å². The SMILES string of the molecule is NC(=O)C(CS(=O)(=O)Cc1ccccc1)C(C(C=CS(=O)(=O)c1ccccc1)CCc1ccccc1)S(=O)(=O)Cc1ccccc1. The maximum atomic E-state index is 14.4. The molecule has 0 aliphatic carbocycles. The van der Waals surface area contributed by atoms with Crippen LogP contribution >= 0.6 is 0 Å². The van der Waals surface area contributed by atoms with Crippen LogP contribution in [-0.2, 0) is 52.2 Å². The average Bonchev–Trinajstić information content (AvgIpc) is 3.03. The van der Waals surface area contributed by atoms with E-state index in [0.717, 1.165) is 11.0 Å². The summed E-state index contributed by atoms with van der Waals surface area (Å²) in [6, 6.07) is 33.5. The van der Waals surface area contributed by atoms with Gasteiger partial charge < -0.3 is 5.73 Å². The summed E-state index contributed by atoms with van der Waals surface area (Å²) in [4.78, 5) is 13.1. The minimum absolute atomic E-state index is 0.00800. The largest absolute Gasteiger partial charge is 0.369 e. The van der Waals surface area contributed by atoms with Gasteiger partial charge >= 0.3 is 0 Å². The van der Waals surface area contributed by atoms with E-state index in [1.807, 2.05) is 30.3 Å². The van der Waals surface area contributed by atoms with E-state index < -0.39 is 69.8 Å². The molecule has 0 spiro atoms. The van der Waals surface area contributed by atoms with Crippen LogP contribution in [-0.4, -0.2) is 42.2 Å². The molecule has 46 heavy (non-hydrogen) atoms. The fourth-order valence-electron chi connectivity index (χ4n) is 5.46. The number of benzene rings is 4. The summed E-state index contributed by atoms with van der Waals surface area (Å²) in [5.74, 6) is -5.58. The first-order chi connectivity index (χ1) is 21.9. The Balaban J connectivity index is 1.82. The lowest BCUT2D eigenvalue weighted by molar-refractivity contribution is -0.121. The summed E-state index contributed by atoms with van der Waals surface area (Å²) in [6.45, 7) is 0. The molecule has 0 aliphatic rings. The van der Waals surface area contributed by atoms with Gasteiger partial charge in [0.05, 0.1) is 33.3 Å². The highest BCUT2D eigenvalue weighted by Gasteiger charge is 2.43. The molecule has 0 aliphatic heterocycles. The van der Waals surface area contributed by atoms with Crippen molar-refractivity contribution in [3.8, 4) is 0 Å². The van der Waals surface area contributed by atoms with Crippen molar-refractivity contribution in [1.82, 2.24) is 0 Å². The molecule has 0 saturated heterocycles. The van der Waals surface area contributed by atoms with Crippen LogP contribution in [0, 0.1) is 11.8 Å². The molecule has 2 N–H and O–H groups in total. The molecular formula is C35H37NO7S3. The number of primary amides is 1. The van der Waals surface area contributed by atoms with Gasteiger partial charge in [-0.1, -0.05) is 115 Å². The van der Waals surface area contributed by atoms with Crippen molar-refractivity contribution in [2.45, 2.75) is 34.5 Å². The lowest BCUT2D eigenvalue weighted by Crippen LogP contribution is -2.47. The molecule has 242 valence electrons. The maximum Gasteiger partial charge on any atom is 0.222 e. The molecular weight excluding hydrogens is 643 g/mol. The van der Waals surface area contributed by atoms with E-state index in [9.17, 15) is 30.0 Å². The van der Waals surface area contributed by atoms with Crippen LogP contribution in [0.15, 0.2) is 138 Å². The molecule has 0 saturated carbocycles. The van der Waals surface area contributed by atoms with E-state index >= 15 is 0 Å². The second kappa shape index (κ2) is 15.5. The van der Waals surface area contributed by atoms with Gasteiger partial charge in [-0.25, -0.2) is 25.3 Å². The van der Waals surface area contributed by atoms with Crippen molar-refractivity contribution in [3.63, 3.8) is 0 Å². The number of allylic oxidation sites excluding steroid dienone is 1. The lowest BCUT2D eigenvalue weighted by Gasteiger charge is -2.31. The van der Waals surface area contributed by atoms with Gasteiger partial charge in [-0.2, -0.15) is 0 Å². The van der Waals surface area contributed by atoms with Crippen LogP contribution in [0.3, 0.4) is 0 Å².